The van der Waals surface area contributed by atoms with E-state index in [1.54, 1.807) is 12.3 Å². The molecular formula is C15H18ClN3O2. The number of imidazole rings is 1. The van der Waals surface area contributed by atoms with Gasteiger partial charge < -0.3 is 9.67 Å². The first kappa shape index (κ1) is 15.5. The predicted octanol–water partition coefficient (Wildman–Crippen LogP) is 2.61. The highest BCUT2D eigenvalue weighted by Crippen LogP contribution is 2.28. The van der Waals surface area contributed by atoms with E-state index in [1.807, 2.05) is 29.8 Å². The fourth-order valence-corrected chi connectivity index (χ4v) is 2.42. The third kappa shape index (κ3) is 3.62. The van der Waals surface area contributed by atoms with Gasteiger partial charge in [0.15, 0.2) is 5.78 Å². The van der Waals surface area contributed by atoms with E-state index in [0.29, 0.717) is 23.7 Å². The largest absolute Gasteiger partial charge is 0.507 e. The van der Waals surface area contributed by atoms with Crippen LogP contribution < -0.4 is 0 Å². The van der Waals surface area contributed by atoms with Gasteiger partial charge in [0.1, 0.15) is 11.6 Å². The Balaban J connectivity index is 2.19. The number of nitrogens with zero attached hydrogens (tertiary/aromatic N) is 3. The highest BCUT2D eigenvalue weighted by atomic mass is 35.5. The van der Waals surface area contributed by atoms with E-state index >= 15 is 0 Å². The number of aryl methyl sites for hydroxylation is 1. The predicted molar refractivity (Wildman–Crippen MR) is 81.5 cm³/mol. The molecule has 0 amide bonds. The van der Waals surface area contributed by atoms with E-state index in [2.05, 4.69) is 4.98 Å². The van der Waals surface area contributed by atoms with E-state index in [0.717, 1.165) is 5.82 Å². The Labute approximate surface area is 128 Å². The number of carbonyl (C=O) groups is 1. The fraction of sp³-hybridized carbons (Fsp3) is 0.333. The lowest BCUT2D eigenvalue weighted by Gasteiger charge is -2.18. The minimum atomic E-state index is -0.206. The lowest BCUT2D eigenvalue weighted by Crippen LogP contribution is -2.19. The van der Waals surface area contributed by atoms with Crippen molar-refractivity contribution in [2.45, 2.75) is 20.0 Å². The highest BCUT2D eigenvalue weighted by molar-refractivity contribution is 6.31. The lowest BCUT2D eigenvalue weighted by molar-refractivity contribution is 0.101. The Kier molecular flexibility index (Phi) is 4.65. The third-order valence-corrected chi connectivity index (χ3v) is 3.52. The van der Waals surface area contributed by atoms with Crippen molar-refractivity contribution in [2.24, 2.45) is 7.05 Å². The number of phenols is 1. The Morgan fingerprint density at radius 3 is 2.71 bits per heavy atom. The maximum Gasteiger partial charge on any atom is 0.163 e. The normalized spacial score (nSPS) is 11.1. The number of halogens is 1. The first-order chi connectivity index (χ1) is 9.88. The number of Topliss-reactive ketones (excluding diaryl/α,β-unsaturated/α-hetero) is 1. The van der Waals surface area contributed by atoms with Crippen molar-refractivity contribution < 1.29 is 9.90 Å². The number of phenolic OH excluding ortho intramolecular Hbond substituents is 1. The molecule has 0 saturated carbocycles. The van der Waals surface area contributed by atoms with Gasteiger partial charge in [0.25, 0.3) is 0 Å². The minimum absolute atomic E-state index is 0.00131. The Bertz CT molecular complexity index is 667. The van der Waals surface area contributed by atoms with Gasteiger partial charge in [-0.05, 0) is 26.1 Å². The van der Waals surface area contributed by atoms with Crippen molar-refractivity contribution in [3.8, 4) is 5.75 Å². The second-order valence-corrected chi connectivity index (χ2v) is 5.58. The summed E-state index contributed by atoms with van der Waals surface area (Å²) < 4.78 is 1.94. The Morgan fingerprint density at radius 1 is 1.43 bits per heavy atom. The van der Waals surface area contributed by atoms with Gasteiger partial charge in [-0.2, -0.15) is 0 Å². The van der Waals surface area contributed by atoms with Crippen LogP contribution in [0.2, 0.25) is 5.02 Å². The van der Waals surface area contributed by atoms with Crippen LogP contribution >= 0.6 is 11.6 Å². The second-order valence-electron chi connectivity index (χ2n) is 5.14. The standard InChI is InChI=1S/C15H18ClN3O2/c1-10(20)13-7-12(16)6-11(15(13)21)8-18(2)9-14-17-4-5-19(14)3/h4-7,21H,8-9H2,1-3H3. The molecule has 0 aliphatic carbocycles. The third-order valence-electron chi connectivity index (χ3n) is 3.31. The molecule has 1 N–H and O–H groups in total. The quantitative estimate of drug-likeness (QED) is 0.863. The van der Waals surface area contributed by atoms with Crippen molar-refractivity contribution >= 4 is 17.4 Å². The van der Waals surface area contributed by atoms with Crippen molar-refractivity contribution in [2.75, 3.05) is 7.05 Å². The zero-order valence-electron chi connectivity index (χ0n) is 12.3. The van der Waals surface area contributed by atoms with Crippen LogP contribution in [-0.2, 0) is 20.1 Å². The van der Waals surface area contributed by atoms with Crippen LogP contribution in [-0.4, -0.2) is 32.4 Å². The Hall–Kier alpha value is -1.85. The van der Waals surface area contributed by atoms with Gasteiger partial charge in [-0.1, -0.05) is 11.6 Å². The van der Waals surface area contributed by atoms with Crippen LogP contribution in [0.5, 0.6) is 5.75 Å². The maximum absolute atomic E-state index is 11.5. The summed E-state index contributed by atoms with van der Waals surface area (Å²) in [6, 6.07) is 3.17. The lowest BCUT2D eigenvalue weighted by atomic mass is 10.1. The van der Waals surface area contributed by atoms with Crippen molar-refractivity contribution in [1.29, 1.82) is 0 Å². The van der Waals surface area contributed by atoms with Gasteiger partial charge in [0.2, 0.25) is 0 Å². The molecule has 6 heteroatoms. The summed E-state index contributed by atoms with van der Waals surface area (Å²) in [4.78, 5) is 17.8. The zero-order chi connectivity index (χ0) is 15.6. The number of rotatable bonds is 5. The number of aromatic hydroxyl groups is 1. The molecule has 1 aromatic heterocycles. The SMILES string of the molecule is CC(=O)c1cc(Cl)cc(CN(C)Cc2nccn2C)c1O. The number of benzene rings is 1. The molecule has 0 radical (unpaired) electrons. The summed E-state index contributed by atoms with van der Waals surface area (Å²) in [7, 11) is 3.85. The van der Waals surface area contributed by atoms with Gasteiger partial charge in [-0.15, -0.1) is 0 Å². The average Bonchev–Trinajstić information content (AvgIpc) is 2.78. The summed E-state index contributed by atoms with van der Waals surface area (Å²) in [5.74, 6) is 0.715. The van der Waals surface area contributed by atoms with E-state index < -0.39 is 0 Å². The van der Waals surface area contributed by atoms with Crippen LogP contribution in [0.4, 0.5) is 0 Å². The maximum atomic E-state index is 11.5. The van der Waals surface area contributed by atoms with Gasteiger partial charge in [-0.25, -0.2) is 4.98 Å². The molecule has 0 atom stereocenters. The zero-order valence-corrected chi connectivity index (χ0v) is 13.1. The summed E-state index contributed by atoms with van der Waals surface area (Å²) in [6.45, 7) is 2.51. The molecule has 5 nitrogen and oxygen atoms in total. The van der Waals surface area contributed by atoms with Crippen molar-refractivity contribution in [3.63, 3.8) is 0 Å². The number of hydrogen-bond donors (Lipinski definition) is 1. The molecule has 0 aliphatic heterocycles. The summed E-state index contributed by atoms with van der Waals surface area (Å²) in [6.07, 6.45) is 3.63. The molecule has 1 aromatic carbocycles. The molecule has 112 valence electrons. The molecule has 0 unspecified atom stereocenters. The fourth-order valence-electron chi connectivity index (χ4n) is 2.18. The van der Waals surface area contributed by atoms with Gasteiger partial charge in [-0.3, -0.25) is 9.69 Å². The van der Waals surface area contributed by atoms with Crippen LogP contribution in [0.15, 0.2) is 24.5 Å². The monoisotopic (exact) mass is 307 g/mol. The minimum Gasteiger partial charge on any atom is -0.507 e. The second kappa shape index (κ2) is 6.28. The highest BCUT2D eigenvalue weighted by Gasteiger charge is 2.15. The number of hydrogen-bond acceptors (Lipinski definition) is 4. The van der Waals surface area contributed by atoms with Crippen LogP contribution in [0.1, 0.15) is 28.7 Å². The smallest absolute Gasteiger partial charge is 0.163 e. The summed E-state index contributed by atoms with van der Waals surface area (Å²) in [5, 5.41) is 10.6. The number of ketones is 1. The van der Waals surface area contributed by atoms with Crippen LogP contribution in [0, 0.1) is 0 Å². The van der Waals surface area contributed by atoms with Crippen molar-refractivity contribution in [3.05, 3.63) is 46.5 Å². The van der Waals surface area contributed by atoms with Crippen LogP contribution in [0.3, 0.4) is 0 Å². The summed E-state index contributed by atoms with van der Waals surface area (Å²) in [5.41, 5.74) is 0.882. The molecule has 0 aliphatic rings. The van der Waals surface area contributed by atoms with E-state index in [1.165, 1.54) is 13.0 Å². The average molecular weight is 308 g/mol. The van der Waals surface area contributed by atoms with E-state index in [4.69, 9.17) is 11.6 Å². The molecule has 0 saturated heterocycles. The molecule has 0 fully saturated rings. The first-order valence-corrected chi connectivity index (χ1v) is 6.93. The molecule has 1 heterocycles. The van der Waals surface area contributed by atoms with E-state index in [9.17, 15) is 9.90 Å². The van der Waals surface area contributed by atoms with E-state index in [-0.39, 0.29) is 17.1 Å². The molecule has 2 rings (SSSR count). The van der Waals surface area contributed by atoms with Gasteiger partial charge in [0, 0.05) is 36.6 Å². The Morgan fingerprint density at radius 2 is 2.14 bits per heavy atom. The van der Waals surface area contributed by atoms with Gasteiger partial charge >= 0.3 is 0 Å². The molecule has 0 bridgehead atoms. The molecule has 21 heavy (non-hydrogen) atoms. The molecule has 0 spiro atoms. The van der Waals surface area contributed by atoms with Gasteiger partial charge in [0.05, 0.1) is 12.1 Å². The molecular weight excluding hydrogens is 290 g/mol. The number of carbonyl (C=O) groups excluding carboxylic acids is 1. The topological polar surface area (TPSA) is 58.4 Å². The molecule has 2 aromatic rings. The number of aromatic nitrogens is 2. The van der Waals surface area contributed by atoms with Crippen molar-refractivity contribution in [1.82, 2.24) is 14.5 Å². The van der Waals surface area contributed by atoms with Crippen LogP contribution in [0.25, 0.3) is 0 Å². The first-order valence-electron chi connectivity index (χ1n) is 6.55. The summed E-state index contributed by atoms with van der Waals surface area (Å²) >= 11 is 6.02.